The van der Waals surface area contributed by atoms with E-state index in [0.29, 0.717) is 5.69 Å². The lowest BCUT2D eigenvalue weighted by Crippen LogP contribution is -2.11. The van der Waals surface area contributed by atoms with Crippen molar-refractivity contribution in [3.05, 3.63) is 57.5 Å². The predicted octanol–water partition coefficient (Wildman–Crippen LogP) is 3.82. The maximum Gasteiger partial charge on any atom is 0.285 e. The van der Waals surface area contributed by atoms with Gasteiger partial charge in [0.15, 0.2) is 0 Å². The van der Waals surface area contributed by atoms with Crippen LogP contribution in [0.1, 0.15) is 38.2 Å². The van der Waals surface area contributed by atoms with Gasteiger partial charge in [-0.1, -0.05) is 61.7 Å². The fraction of sp³-hybridized carbons (Fsp3) is 0.312. The van der Waals surface area contributed by atoms with Crippen LogP contribution in [0.5, 0.6) is 0 Å². The minimum atomic E-state index is -0.436. The van der Waals surface area contributed by atoms with Gasteiger partial charge >= 0.3 is 0 Å². The Morgan fingerprint density at radius 2 is 2.09 bits per heavy atom. The van der Waals surface area contributed by atoms with E-state index < -0.39 is 5.56 Å². The highest BCUT2D eigenvalue weighted by Crippen LogP contribution is 2.16. The van der Waals surface area contributed by atoms with Gasteiger partial charge in [-0.25, -0.2) is 5.10 Å². The molecule has 6 heteroatoms. The van der Waals surface area contributed by atoms with Gasteiger partial charge in [0.25, 0.3) is 5.56 Å². The molecule has 0 unspecified atom stereocenters. The number of aromatic nitrogens is 2. The smallest absolute Gasteiger partial charge is 0.275 e. The van der Waals surface area contributed by atoms with E-state index in [4.69, 9.17) is 11.6 Å². The van der Waals surface area contributed by atoms with Crippen molar-refractivity contribution >= 4 is 23.0 Å². The van der Waals surface area contributed by atoms with Gasteiger partial charge in [-0.15, -0.1) is 0 Å². The zero-order valence-electron chi connectivity index (χ0n) is 12.5. The molecule has 2 rings (SSSR count). The number of nitrogens with one attached hydrogen (secondary N) is 2. The molecule has 0 saturated carbocycles. The molecule has 1 aromatic carbocycles. The van der Waals surface area contributed by atoms with E-state index >= 15 is 0 Å². The molecular weight excluding hydrogens is 300 g/mol. The van der Waals surface area contributed by atoms with Crippen LogP contribution in [0.25, 0.3) is 0 Å². The lowest BCUT2D eigenvalue weighted by Gasteiger charge is -2.08. The predicted molar refractivity (Wildman–Crippen MR) is 90.6 cm³/mol. The molecule has 2 N–H and O–H groups in total. The van der Waals surface area contributed by atoms with Crippen LogP contribution in [0.2, 0.25) is 5.02 Å². The first-order valence-corrected chi connectivity index (χ1v) is 7.71. The normalized spacial score (nSPS) is 11.5. The number of rotatable bonds is 7. The molecule has 22 heavy (non-hydrogen) atoms. The summed E-state index contributed by atoms with van der Waals surface area (Å²) in [4.78, 5) is 11.4. The van der Waals surface area contributed by atoms with Crippen LogP contribution in [0.3, 0.4) is 0 Å². The van der Waals surface area contributed by atoms with Crippen LogP contribution < -0.4 is 11.0 Å². The molecule has 0 fully saturated rings. The van der Waals surface area contributed by atoms with Crippen molar-refractivity contribution in [2.75, 3.05) is 5.43 Å². The average molecular weight is 319 g/mol. The molecule has 1 aromatic heterocycles. The Morgan fingerprint density at radius 1 is 1.32 bits per heavy atom. The van der Waals surface area contributed by atoms with Gasteiger partial charge in [0.1, 0.15) is 10.7 Å². The Kier molecular flexibility index (Phi) is 6.15. The second-order valence-corrected chi connectivity index (χ2v) is 5.30. The quantitative estimate of drug-likeness (QED) is 0.463. The minimum absolute atomic E-state index is 0.0553. The molecule has 5 nitrogen and oxygen atoms in total. The average Bonchev–Trinajstić information content (AvgIpc) is 2.55. The third-order valence-electron chi connectivity index (χ3n) is 3.23. The molecule has 116 valence electrons. The number of anilines is 1. The van der Waals surface area contributed by atoms with Gasteiger partial charge in [-0.2, -0.15) is 10.2 Å². The molecule has 0 bridgehead atoms. The number of nitrogens with zero attached hydrogens (tertiary/aromatic N) is 2. The lowest BCUT2D eigenvalue weighted by atomic mass is 10.0. The third kappa shape index (κ3) is 4.43. The number of aromatic amines is 1. The van der Waals surface area contributed by atoms with Crippen LogP contribution >= 0.6 is 11.6 Å². The van der Waals surface area contributed by atoms with Crippen molar-refractivity contribution in [3.8, 4) is 0 Å². The van der Waals surface area contributed by atoms with E-state index in [1.54, 1.807) is 0 Å². The zero-order valence-corrected chi connectivity index (χ0v) is 13.2. The first-order valence-electron chi connectivity index (χ1n) is 7.33. The van der Waals surface area contributed by atoms with E-state index in [9.17, 15) is 4.79 Å². The minimum Gasteiger partial charge on any atom is -0.275 e. The summed E-state index contributed by atoms with van der Waals surface area (Å²) in [6.45, 7) is 2.17. The number of halogens is 1. The second-order valence-electron chi connectivity index (χ2n) is 4.92. The molecular formula is C16H19ClN4O. The van der Waals surface area contributed by atoms with Crippen molar-refractivity contribution in [2.24, 2.45) is 5.10 Å². The van der Waals surface area contributed by atoms with Crippen molar-refractivity contribution in [3.63, 3.8) is 0 Å². The highest BCUT2D eigenvalue weighted by Gasteiger charge is 2.06. The van der Waals surface area contributed by atoms with Crippen molar-refractivity contribution in [1.29, 1.82) is 0 Å². The fourth-order valence-corrected chi connectivity index (χ4v) is 2.16. The standard InChI is InChI=1S/C16H19ClN4O/c1-2-3-5-10-13(12-8-6-4-7-9-12)19-20-14-11-18-21-16(22)15(14)17/h4,6-9,11H,2-3,5,10H2,1H3,(H2,20,21,22)/b19-13+. The summed E-state index contributed by atoms with van der Waals surface area (Å²) in [5, 5.41) is 10.5. The van der Waals surface area contributed by atoms with Gasteiger partial charge in [0.2, 0.25) is 0 Å². The number of unbranched alkanes of at least 4 members (excludes halogenated alkanes) is 2. The Morgan fingerprint density at radius 3 is 2.82 bits per heavy atom. The highest BCUT2D eigenvalue weighted by atomic mass is 35.5. The van der Waals surface area contributed by atoms with Crippen LogP contribution in [-0.4, -0.2) is 15.9 Å². The van der Waals surface area contributed by atoms with Crippen LogP contribution in [0, 0.1) is 0 Å². The first kappa shape index (κ1) is 16.2. The maximum absolute atomic E-state index is 11.4. The molecule has 0 aliphatic heterocycles. The highest BCUT2D eigenvalue weighted by molar-refractivity contribution is 6.32. The summed E-state index contributed by atoms with van der Waals surface area (Å²) >= 11 is 5.93. The molecule has 0 spiro atoms. The molecule has 0 amide bonds. The Hall–Kier alpha value is -2.14. The van der Waals surface area contributed by atoms with Gasteiger partial charge in [-0.05, 0) is 18.4 Å². The lowest BCUT2D eigenvalue weighted by molar-refractivity contribution is 0.741. The van der Waals surface area contributed by atoms with Gasteiger partial charge in [0, 0.05) is 0 Å². The number of hydrogen-bond donors (Lipinski definition) is 2. The summed E-state index contributed by atoms with van der Waals surface area (Å²) < 4.78 is 0. The van der Waals surface area contributed by atoms with E-state index in [0.717, 1.165) is 37.0 Å². The van der Waals surface area contributed by atoms with Crippen LogP contribution in [-0.2, 0) is 0 Å². The maximum atomic E-state index is 11.4. The van der Waals surface area contributed by atoms with Crippen molar-refractivity contribution in [1.82, 2.24) is 10.2 Å². The first-order chi connectivity index (χ1) is 10.7. The van der Waals surface area contributed by atoms with E-state index in [1.165, 1.54) is 6.20 Å². The van der Waals surface area contributed by atoms with Gasteiger partial charge < -0.3 is 0 Å². The Bertz CT molecular complexity index is 682. The molecule has 0 aliphatic rings. The summed E-state index contributed by atoms with van der Waals surface area (Å²) in [7, 11) is 0. The number of H-pyrrole nitrogens is 1. The van der Waals surface area contributed by atoms with Crippen LogP contribution in [0.15, 0.2) is 46.4 Å². The second kappa shape index (κ2) is 8.34. The molecule has 0 saturated heterocycles. The van der Waals surface area contributed by atoms with Gasteiger partial charge in [-0.3, -0.25) is 10.2 Å². The van der Waals surface area contributed by atoms with E-state index in [-0.39, 0.29) is 5.02 Å². The summed E-state index contributed by atoms with van der Waals surface area (Å²) in [6, 6.07) is 9.96. The van der Waals surface area contributed by atoms with Gasteiger partial charge in [0.05, 0.1) is 11.9 Å². The molecule has 0 radical (unpaired) electrons. The third-order valence-corrected chi connectivity index (χ3v) is 3.61. The monoisotopic (exact) mass is 318 g/mol. The number of hydrogen-bond acceptors (Lipinski definition) is 4. The topological polar surface area (TPSA) is 70.1 Å². The Balaban J connectivity index is 2.20. The number of benzene rings is 1. The van der Waals surface area contributed by atoms with Crippen molar-refractivity contribution < 1.29 is 0 Å². The summed E-state index contributed by atoms with van der Waals surface area (Å²) in [5.74, 6) is 0. The summed E-state index contributed by atoms with van der Waals surface area (Å²) in [5.41, 5.74) is 4.81. The fourth-order valence-electron chi connectivity index (χ4n) is 2.03. The van der Waals surface area contributed by atoms with E-state index in [2.05, 4.69) is 27.6 Å². The van der Waals surface area contributed by atoms with E-state index in [1.807, 2.05) is 30.3 Å². The largest absolute Gasteiger partial charge is 0.285 e. The number of hydrazone groups is 1. The molecule has 2 aromatic rings. The van der Waals surface area contributed by atoms with Crippen molar-refractivity contribution in [2.45, 2.75) is 32.6 Å². The zero-order chi connectivity index (χ0) is 15.8. The molecule has 0 atom stereocenters. The molecule has 1 heterocycles. The molecule has 0 aliphatic carbocycles. The SMILES string of the molecule is CCCCC/C(=N\Nc1cn[nH]c(=O)c1Cl)c1ccccc1. The summed E-state index contributed by atoms with van der Waals surface area (Å²) in [6.07, 6.45) is 5.67. The van der Waals surface area contributed by atoms with Crippen LogP contribution in [0.4, 0.5) is 5.69 Å². The Labute approximate surface area is 134 Å².